The number of benzene rings is 2. The number of nitrogens with zero attached hydrogens (tertiary/aromatic N) is 1. The highest BCUT2D eigenvalue weighted by Crippen LogP contribution is 2.40. The average Bonchev–Trinajstić information content (AvgIpc) is 3.11. The Bertz CT molecular complexity index is 840. The van der Waals surface area contributed by atoms with Crippen LogP contribution in [-0.4, -0.2) is 39.7 Å². The van der Waals surface area contributed by atoms with Crippen molar-refractivity contribution < 1.29 is 23.8 Å². The molecule has 0 bridgehead atoms. The molecule has 0 radical (unpaired) electrons. The number of carbonyl (C=O) groups is 2. The fraction of sp³-hybridized carbons (Fsp3) is 0.300. The van der Waals surface area contributed by atoms with Crippen LogP contribution in [0.25, 0.3) is 0 Å². The minimum Gasteiger partial charge on any atom is -0.493 e. The molecule has 7 heteroatoms. The summed E-state index contributed by atoms with van der Waals surface area (Å²) in [4.78, 5) is 26.6. The monoisotopic (exact) mass is 370 g/mol. The van der Waals surface area contributed by atoms with E-state index in [4.69, 9.17) is 14.2 Å². The Morgan fingerprint density at radius 3 is 2.33 bits per heavy atom. The van der Waals surface area contributed by atoms with Gasteiger partial charge in [0.25, 0.3) is 0 Å². The molecule has 0 saturated carbocycles. The van der Waals surface area contributed by atoms with Crippen LogP contribution in [0.5, 0.6) is 17.2 Å². The van der Waals surface area contributed by atoms with Crippen molar-refractivity contribution in [1.82, 2.24) is 0 Å². The molecule has 0 fully saturated rings. The van der Waals surface area contributed by atoms with Crippen LogP contribution in [0.3, 0.4) is 0 Å². The van der Waals surface area contributed by atoms with E-state index in [0.29, 0.717) is 29.5 Å². The van der Waals surface area contributed by atoms with Crippen molar-refractivity contribution in [3.8, 4) is 17.2 Å². The summed E-state index contributed by atoms with van der Waals surface area (Å²) in [5.74, 6) is 0.644. The molecule has 1 heterocycles. The fourth-order valence-corrected chi connectivity index (χ4v) is 3.19. The Labute approximate surface area is 157 Å². The fourth-order valence-electron chi connectivity index (χ4n) is 3.19. The predicted octanol–water partition coefficient (Wildman–Crippen LogP) is 2.63. The van der Waals surface area contributed by atoms with Crippen molar-refractivity contribution >= 4 is 23.2 Å². The van der Waals surface area contributed by atoms with Gasteiger partial charge < -0.3 is 24.4 Å². The predicted molar refractivity (Wildman–Crippen MR) is 102 cm³/mol. The summed E-state index contributed by atoms with van der Waals surface area (Å²) in [5, 5.41) is 2.72. The first-order chi connectivity index (χ1) is 13.1. The van der Waals surface area contributed by atoms with E-state index < -0.39 is 5.91 Å². The van der Waals surface area contributed by atoms with E-state index in [-0.39, 0.29) is 12.3 Å². The molecule has 2 amide bonds. The van der Waals surface area contributed by atoms with Crippen molar-refractivity contribution in [2.45, 2.75) is 12.8 Å². The first-order valence-corrected chi connectivity index (χ1v) is 8.55. The molecule has 0 spiro atoms. The van der Waals surface area contributed by atoms with Crippen molar-refractivity contribution in [2.24, 2.45) is 0 Å². The summed E-state index contributed by atoms with van der Waals surface area (Å²) >= 11 is 0. The van der Waals surface area contributed by atoms with E-state index in [1.165, 1.54) is 21.3 Å². The zero-order chi connectivity index (χ0) is 19.4. The number of anilines is 2. The van der Waals surface area contributed by atoms with E-state index in [9.17, 15) is 9.59 Å². The molecule has 142 valence electrons. The average molecular weight is 370 g/mol. The highest BCUT2D eigenvalue weighted by Gasteiger charge is 2.25. The topological polar surface area (TPSA) is 77.1 Å². The van der Waals surface area contributed by atoms with Gasteiger partial charge in [0.15, 0.2) is 11.5 Å². The van der Waals surface area contributed by atoms with Gasteiger partial charge in [0.05, 0.1) is 21.3 Å². The third-order valence-corrected chi connectivity index (χ3v) is 4.45. The summed E-state index contributed by atoms with van der Waals surface area (Å²) in [6, 6.07) is 11.0. The van der Waals surface area contributed by atoms with E-state index in [2.05, 4.69) is 5.32 Å². The Hall–Kier alpha value is -3.22. The molecule has 2 aromatic carbocycles. The highest BCUT2D eigenvalue weighted by molar-refractivity contribution is 6.09. The van der Waals surface area contributed by atoms with Crippen molar-refractivity contribution in [3.05, 3.63) is 42.0 Å². The lowest BCUT2D eigenvalue weighted by Gasteiger charge is -2.17. The molecule has 0 unspecified atom stereocenters. The molecule has 2 aromatic rings. The van der Waals surface area contributed by atoms with Crippen LogP contribution < -0.4 is 24.4 Å². The zero-order valence-electron chi connectivity index (χ0n) is 15.6. The van der Waals surface area contributed by atoms with Gasteiger partial charge >= 0.3 is 0 Å². The summed E-state index contributed by atoms with van der Waals surface area (Å²) in [7, 11) is 4.50. The Kier molecular flexibility index (Phi) is 5.49. The summed E-state index contributed by atoms with van der Waals surface area (Å²) in [5.41, 5.74) is 2.46. The lowest BCUT2D eigenvalue weighted by Crippen LogP contribution is -2.32. The van der Waals surface area contributed by atoms with Gasteiger partial charge in [0.2, 0.25) is 17.6 Å². The lowest BCUT2D eigenvalue weighted by atomic mass is 10.2. The van der Waals surface area contributed by atoms with Crippen molar-refractivity contribution in [3.63, 3.8) is 0 Å². The van der Waals surface area contributed by atoms with E-state index >= 15 is 0 Å². The second kappa shape index (κ2) is 7.99. The van der Waals surface area contributed by atoms with Crippen LogP contribution in [0.15, 0.2) is 36.4 Å². The first-order valence-electron chi connectivity index (χ1n) is 8.55. The maximum absolute atomic E-state index is 12.6. The zero-order valence-corrected chi connectivity index (χ0v) is 15.6. The molecule has 0 saturated heterocycles. The Morgan fingerprint density at radius 2 is 1.70 bits per heavy atom. The second-order valence-corrected chi connectivity index (χ2v) is 6.06. The number of methoxy groups -OCH3 is 3. The minimum absolute atomic E-state index is 0.232. The second-order valence-electron chi connectivity index (χ2n) is 6.06. The van der Waals surface area contributed by atoms with E-state index in [0.717, 1.165) is 17.7 Å². The minimum atomic E-state index is -0.404. The number of hydrogen-bond acceptors (Lipinski definition) is 5. The van der Waals surface area contributed by atoms with Gasteiger partial charge in [0.1, 0.15) is 6.42 Å². The smallest absolute Gasteiger partial charge is 0.236 e. The van der Waals surface area contributed by atoms with Gasteiger partial charge in [-0.1, -0.05) is 18.2 Å². The summed E-state index contributed by atoms with van der Waals surface area (Å²) in [6.07, 6.45) is 0.557. The SMILES string of the molecule is COc1cc(NC(=O)CC(=O)N2CCc3ccccc32)cc(OC)c1OC. The van der Waals surface area contributed by atoms with E-state index in [1.54, 1.807) is 17.0 Å². The van der Waals surface area contributed by atoms with E-state index in [1.807, 2.05) is 24.3 Å². The Morgan fingerprint density at radius 1 is 1.04 bits per heavy atom. The third-order valence-electron chi connectivity index (χ3n) is 4.45. The Balaban J connectivity index is 1.70. The van der Waals surface area contributed by atoms with Crippen LogP contribution in [0.2, 0.25) is 0 Å². The molecule has 1 N–H and O–H groups in total. The number of rotatable bonds is 6. The lowest BCUT2D eigenvalue weighted by molar-refractivity contribution is -0.125. The number of amides is 2. The molecular formula is C20H22N2O5. The molecule has 1 aliphatic heterocycles. The van der Waals surface area contributed by atoms with Gasteiger partial charge in [-0.3, -0.25) is 9.59 Å². The maximum Gasteiger partial charge on any atom is 0.236 e. The van der Waals surface area contributed by atoms with Crippen LogP contribution in [-0.2, 0) is 16.0 Å². The third kappa shape index (κ3) is 3.81. The molecule has 0 aromatic heterocycles. The van der Waals surface area contributed by atoms with Gasteiger partial charge in [-0.15, -0.1) is 0 Å². The standard InChI is InChI=1S/C20H22N2O5/c1-25-16-10-14(11-17(26-2)20(16)27-3)21-18(23)12-19(24)22-9-8-13-6-4-5-7-15(13)22/h4-7,10-11H,8-9,12H2,1-3H3,(H,21,23). The quantitative estimate of drug-likeness (QED) is 0.791. The first kappa shape index (κ1) is 18.6. The maximum atomic E-state index is 12.6. The molecule has 0 atom stereocenters. The van der Waals surface area contributed by atoms with Gasteiger partial charge in [0, 0.05) is 30.1 Å². The van der Waals surface area contributed by atoms with Gasteiger partial charge in [-0.2, -0.15) is 0 Å². The number of carbonyl (C=O) groups excluding carboxylic acids is 2. The van der Waals surface area contributed by atoms with Crippen LogP contribution in [0.4, 0.5) is 11.4 Å². The van der Waals surface area contributed by atoms with Gasteiger partial charge in [-0.05, 0) is 18.1 Å². The highest BCUT2D eigenvalue weighted by atomic mass is 16.5. The number of fused-ring (bicyclic) bond motifs is 1. The van der Waals surface area contributed by atoms with Crippen molar-refractivity contribution in [2.75, 3.05) is 38.1 Å². The molecule has 27 heavy (non-hydrogen) atoms. The molecule has 1 aliphatic rings. The number of para-hydroxylation sites is 1. The molecule has 3 rings (SSSR count). The van der Waals surface area contributed by atoms with Crippen molar-refractivity contribution in [1.29, 1.82) is 0 Å². The molecular weight excluding hydrogens is 348 g/mol. The molecule has 7 nitrogen and oxygen atoms in total. The van der Waals surface area contributed by atoms with Crippen LogP contribution in [0.1, 0.15) is 12.0 Å². The summed E-state index contributed by atoms with van der Waals surface area (Å²) in [6.45, 7) is 0.593. The largest absolute Gasteiger partial charge is 0.493 e. The normalized spacial score (nSPS) is 12.3. The summed E-state index contributed by atoms with van der Waals surface area (Å²) < 4.78 is 15.8. The van der Waals surface area contributed by atoms with Crippen LogP contribution >= 0.6 is 0 Å². The van der Waals surface area contributed by atoms with Crippen LogP contribution in [0, 0.1) is 0 Å². The number of nitrogens with one attached hydrogen (secondary N) is 1. The number of hydrogen-bond donors (Lipinski definition) is 1. The van der Waals surface area contributed by atoms with Gasteiger partial charge in [-0.25, -0.2) is 0 Å². The molecule has 0 aliphatic carbocycles. The number of ether oxygens (including phenoxy) is 3.